The van der Waals surface area contributed by atoms with Gasteiger partial charge in [0.25, 0.3) is 5.91 Å². The topological polar surface area (TPSA) is 108 Å². The van der Waals surface area contributed by atoms with E-state index < -0.39 is 21.2 Å². The molecule has 0 unspecified atom stereocenters. The smallest absolute Gasteiger partial charge is 0.265 e. The van der Waals surface area contributed by atoms with E-state index in [4.69, 9.17) is 4.98 Å². The number of hydrogen-bond donors (Lipinski definition) is 2. The maximum absolute atomic E-state index is 13.2. The Morgan fingerprint density at radius 2 is 1.60 bits per heavy atom. The first-order valence-electron chi connectivity index (χ1n) is 14.5. The Kier molecular flexibility index (Phi) is 9.21. The highest BCUT2D eigenvalue weighted by atomic mass is 32.2. The highest BCUT2D eigenvalue weighted by Crippen LogP contribution is 2.31. The Hall–Kier alpha value is -4.50. The van der Waals surface area contributed by atoms with Gasteiger partial charge in [0.2, 0.25) is 15.9 Å². The number of carbonyl (C=O) groups excluding carboxylic acids is 2. The van der Waals surface area contributed by atoms with Crippen LogP contribution in [0.15, 0.2) is 91.0 Å². The van der Waals surface area contributed by atoms with Crippen molar-refractivity contribution >= 4 is 33.3 Å². The Labute approximate surface area is 253 Å². The zero-order chi connectivity index (χ0) is 30.4. The van der Waals surface area contributed by atoms with Crippen LogP contribution < -0.4 is 14.9 Å². The molecular weight excluding hydrogens is 560 g/mol. The summed E-state index contributed by atoms with van der Waals surface area (Å²) >= 11 is 0. The van der Waals surface area contributed by atoms with E-state index in [1.54, 1.807) is 30.3 Å². The maximum Gasteiger partial charge on any atom is 0.265 e. The molecule has 0 radical (unpaired) electrons. The molecule has 8 nitrogen and oxygen atoms in total. The molecule has 222 valence electrons. The first-order valence-corrected chi connectivity index (χ1v) is 16.1. The largest absolute Gasteiger partial charge is 0.352 e. The van der Waals surface area contributed by atoms with Crippen LogP contribution in [0.4, 0.5) is 11.5 Å². The van der Waals surface area contributed by atoms with Crippen molar-refractivity contribution in [1.82, 2.24) is 9.71 Å². The minimum atomic E-state index is -3.74. The summed E-state index contributed by atoms with van der Waals surface area (Å²) in [6, 6.07) is 28.2. The first-order chi connectivity index (χ1) is 20.7. The lowest BCUT2D eigenvalue weighted by Gasteiger charge is -2.25. The summed E-state index contributed by atoms with van der Waals surface area (Å²) in [5.74, 6) is -0.248. The molecule has 0 saturated heterocycles. The second kappa shape index (κ2) is 13.2. The highest BCUT2D eigenvalue weighted by Gasteiger charge is 2.37. The molecule has 2 N–H and O–H groups in total. The SMILES string of the molecule is CCCN(Cc1ccccc1)c1cc(NC(=O)Cc2ccc(C)cc2)cc(-c2ccccc2C(=O)NS(=O)(=O)C2CC2)n1. The van der Waals surface area contributed by atoms with Gasteiger partial charge in [-0.15, -0.1) is 0 Å². The number of rotatable bonds is 12. The van der Waals surface area contributed by atoms with Gasteiger partial charge in [-0.25, -0.2) is 18.1 Å². The summed E-state index contributed by atoms with van der Waals surface area (Å²) in [5.41, 5.74) is 4.77. The molecule has 0 spiro atoms. The highest BCUT2D eigenvalue weighted by molar-refractivity contribution is 7.91. The summed E-state index contributed by atoms with van der Waals surface area (Å²) in [7, 11) is -3.74. The first kappa shape index (κ1) is 30.0. The van der Waals surface area contributed by atoms with Crippen LogP contribution in [0.5, 0.6) is 0 Å². The molecule has 3 aromatic carbocycles. The number of nitrogens with zero attached hydrogens (tertiary/aromatic N) is 2. The molecule has 2 amide bonds. The molecule has 1 aliphatic carbocycles. The minimum absolute atomic E-state index is 0.182. The number of amides is 2. The number of sulfonamides is 1. The minimum Gasteiger partial charge on any atom is -0.352 e. The summed E-state index contributed by atoms with van der Waals surface area (Å²) in [4.78, 5) is 33.5. The van der Waals surface area contributed by atoms with Gasteiger partial charge in [0, 0.05) is 36.0 Å². The molecule has 1 fully saturated rings. The molecule has 0 bridgehead atoms. The van der Waals surface area contributed by atoms with Crippen LogP contribution in [0.25, 0.3) is 11.3 Å². The number of anilines is 2. The molecule has 43 heavy (non-hydrogen) atoms. The van der Waals surface area contributed by atoms with Gasteiger partial charge in [0.1, 0.15) is 5.82 Å². The molecule has 4 aromatic rings. The number of benzene rings is 3. The summed E-state index contributed by atoms with van der Waals surface area (Å²) < 4.78 is 27.3. The second-order valence-corrected chi connectivity index (χ2v) is 12.9. The number of nitrogens with one attached hydrogen (secondary N) is 2. The van der Waals surface area contributed by atoms with Gasteiger partial charge in [0.15, 0.2) is 0 Å². The van der Waals surface area contributed by atoms with Crippen molar-refractivity contribution in [3.05, 3.63) is 113 Å². The van der Waals surface area contributed by atoms with Crippen molar-refractivity contribution in [2.45, 2.75) is 51.3 Å². The van der Waals surface area contributed by atoms with Gasteiger partial charge >= 0.3 is 0 Å². The monoisotopic (exact) mass is 596 g/mol. The van der Waals surface area contributed by atoms with Crippen LogP contribution in [-0.4, -0.2) is 37.0 Å². The van der Waals surface area contributed by atoms with Crippen LogP contribution in [-0.2, 0) is 27.8 Å². The van der Waals surface area contributed by atoms with Crippen LogP contribution in [0.3, 0.4) is 0 Å². The van der Waals surface area contributed by atoms with Crippen molar-refractivity contribution in [2.75, 3.05) is 16.8 Å². The number of carbonyl (C=O) groups is 2. The second-order valence-electron chi connectivity index (χ2n) is 10.9. The lowest BCUT2D eigenvalue weighted by molar-refractivity contribution is -0.115. The molecule has 5 rings (SSSR count). The molecular formula is C34H36N4O4S. The predicted octanol–water partition coefficient (Wildman–Crippen LogP) is 5.88. The van der Waals surface area contributed by atoms with Crippen molar-refractivity contribution in [1.29, 1.82) is 0 Å². The van der Waals surface area contributed by atoms with E-state index in [1.807, 2.05) is 55.5 Å². The summed E-state index contributed by atoms with van der Waals surface area (Å²) in [6.07, 6.45) is 2.17. The fourth-order valence-corrected chi connectivity index (χ4v) is 6.18. The summed E-state index contributed by atoms with van der Waals surface area (Å²) in [6.45, 7) is 5.40. The average molecular weight is 597 g/mol. The Morgan fingerprint density at radius 3 is 2.30 bits per heavy atom. The Balaban J connectivity index is 1.52. The van der Waals surface area contributed by atoms with Crippen LogP contribution in [0, 0.1) is 6.92 Å². The third kappa shape index (κ3) is 7.87. The van der Waals surface area contributed by atoms with Crippen LogP contribution in [0.2, 0.25) is 0 Å². The lowest BCUT2D eigenvalue weighted by atomic mass is 10.0. The van der Waals surface area contributed by atoms with Gasteiger partial charge in [-0.3, -0.25) is 9.59 Å². The van der Waals surface area contributed by atoms with Gasteiger partial charge in [-0.2, -0.15) is 0 Å². The van der Waals surface area contributed by atoms with Gasteiger partial charge in [-0.05, 0) is 49.4 Å². The lowest BCUT2D eigenvalue weighted by Crippen LogP contribution is -2.33. The van der Waals surface area contributed by atoms with E-state index in [1.165, 1.54) is 0 Å². The van der Waals surface area contributed by atoms with Gasteiger partial charge in [0.05, 0.1) is 17.4 Å². The predicted molar refractivity (Wildman–Crippen MR) is 170 cm³/mol. The molecule has 1 saturated carbocycles. The summed E-state index contributed by atoms with van der Waals surface area (Å²) in [5, 5.41) is 2.50. The van der Waals surface area contributed by atoms with Gasteiger partial charge in [-0.1, -0.05) is 85.3 Å². The van der Waals surface area contributed by atoms with E-state index in [0.29, 0.717) is 48.7 Å². The van der Waals surface area contributed by atoms with E-state index in [2.05, 4.69) is 34.0 Å². The number of aryl methyl sites for hydroxylation is 1. The molecule has 1 aliphatic rings. The van der Waals surface area contributed by atoms with Crippen molar-refractivity contribution < 1.29 is 18.0 Å². The molecule has 0 atom stereocenters. The van der Waals surface area contributed by atoms with E-state index >= 15 is 0 Å². The Morgan fingerprint density at radius 1 is 0.907 bits per heavy atom. The Bertz CT molecular complexity index is 1700. The zero-order valence-corrected chi connectivity index (χ0v) is 25.2. The third-order valence-corrected chi connectivity index (χ3v) is 9.08. The quantitative estimate of drug-likeness (QED) is 0.212. The molecule has 9 heteroatoms. The van der Waals surface area contributed by atoms with E-state index in [0.717, 1.165) is 23.1 Å². The van der Waals surface area contributed by atoms with Gasteiger partial charge < -0.3 is 10.2 Å². The molecule has 1 heterocycles. The van der Waals surface area contributed by atoms with Crippen LogP contribution >= 0.6 is 0 Å². The third-order valence-electron chi connectivity index (χ3n) is 7.26. The maximum atomic E-state index is 13.2. The van der Waals surface area contributed by atoms with Crippen molar-refractivity contribution in [3.63, 3.8) is 0 Å². The molecule has 0 aliphatic heterocycles. The fourth-order valence-electron chi connectivity index (χ4n) is 4.88. The van der Waals surface area contributed by atoms with Crippen molar-refractivity contribution in [3.8, 4) is 11.3 Å². The number of hydrogen-bond acceptors (Lipinski definition) is 6. The van der Waals surface area contributed by atoms with E-state index in [9.17, 15) is 18.0 Å². The van der Waals surface area contributed by atoms with E-state index in [-0.39, 0.29) is 17.9 Å². The van der Waals surface area contributed by atoms with Crippen molar-refractivity contribution in [2.24, 2.45) is 0 Å². The average Bonchev–Trinajstić information content (AvgIpc) is 3.85. The fraction of sp³-hybridized carbons (Fsp3) is 0.265. The number of pyridine rings is 1. The van der Waals surface area contributed by atoms with Crippen LogP contribution in [0.1, 0.15) is 53.2 Å². The normalized spacial score (nSPS) is 12.9. The zero-order valence-electron chi connectivity index (χ0n) is 24.4. The standard InChI is InChI=1S/C34H36N4O4S/c1-3-19-38(23-26-9-5-4-6-10-26)32-22-27(35-33(39)20-25-15-13-24(2)14-16-25)21-31(36-32)29-11-7-8-12-30(29)34(40)37-43(41,42)28-17-18-28/h4-16,21-22,28H,3,17-20,23H2,1-2H3,(H,37,40)(H,35,36,39). The number of aromatic nitrogens is 1. The molecule has 1 aromatic heterocycles.